The van der Waals surface area contributed by atoms with E-state index < -0.39 is 0 Å². The van der Waals surface area contributed by atoms with Crippen LogP contribution in [-0.2, 0) is 17.8 Å². The molecule has 1 atom stereocenters. The van der Waals surface area contributed by atoms with Crippen molar-refractivity contribution in [2.24, 2.45) is 0 Å². The minimum absolute atomic E-state index is 0.0851. The van der Waals surface area contributed by atoms with Crippen molar-refractivity contribution in [3.63, 3.8) is 0 Å². The zero-order valence-corrected chi connectivity index (χ0v) is 17.6. The van der Waals surface area contributed by atoms with Crippen molar-refractivity contribution in [2.75, 3.05) is 0 Å². The molecule has 1 unspecified atom stereocenters. The minimum Gasteiger partial charge on any atom is -0.489 e. The van der Waals surface area contributed by atoms with E-state index in [-0.39, 0.29) is 18.4 Å². The molecule has 3 aromatic heterocycles. The molecule has 0 bridgehead atoms. The topological polar surface area (TPSA) is 103 Å². The van der Waals surface area contributed by atoms with Crippen molar-refractivity contribution < 1.29 is 14.1 Å². The Morgan fingerprint density at radius 1 is 1.06 bits per heavy atom. The van der Waals surface area contributed by atoms with Gasteiger partial charge < -0.3 is 14.6 Å². The number of carbonyl (C=O) groups excluding carboxylic acids is 1. The molecule has 1 N–H and O–H groups in total. The Morgan fingerprint density at radius 3 is 2.62 bits per heavy atom. The van der Waals surface area contributed by atoms with E-state index in [4.69, 9.17) is 9.26 Å². The van der Waals surface area contributed by atoms with E-state index in [9.17, 15) is 4.79 Å². The van der Waals surface area contributed by atoms with Gasteiger partial charge in [-0.15, -0.1) is 0 Å². The number of nitrogens with zero attached hydrogens (tertiary/aromatic N) is 4. The zero-order chi connectivity index (χ0) is 22.2. The summed E-state index contributed by atoms with van der Waals surface area (Å²) in [5.74, 6) is 1.59. The molecule has 0 saturated carbocycles. The number of nitrogens with one attached hydrogen (secondary N) is 1. The molecule has 0 fully saturated rings. The summed E-state index contributed by atoms with van der Waals surface area (Å²) in [6.45, 7) is 2.40. The first kappa shape index (κ1) is 21.2. The molecule has 0 aliphatic heterocycles. The van der Waals surface area contributed by atoms with Crippen LogP contribution in [0.2, 0.25) is 0 Å². The highest BCUT2D eigenvalue weighted by Gasteiger charge is 2.13. The monoisotopic (exact) mass is 429 g/mol. The van der Waals surface area contributed by atoms with E-state index in [1.54, 1.807) is 36.9 Å². The van der Waals surface area contributed by atoms with Crippen LogP contribution in [0, 0.1) is 0 Å². The van der Waals surface area contributed by atoms with Crippen LogP contribution < -0.4 is 10.1 Å². The fraction of sp³-hybridized carbons (Fsp3) is 0.208. The van der Waals surface area contributed by atoms with E-state index in [0.29, 0.717) is 24.7 Å². The third-order valence-corrected chi connectivity index (χ3v) is 4.86. The van der Waals surface area contributed by atoms with E-state index in [0.717, 1.165) is 22.4 Å². The lowest BCUT2D eigenvalue weighted by Crippen LogP contribution is -2.26. The second-order valence-corrected chi connectivity index (χ2v) is 7.26. The van der Waals surface area contributed by atoms with Gasteiger partial charge in [0.15, 0.2) is 0 Å². The van der Waals surface area contributed by atoms with Crippen LogP contribution in [0.25, 0.3) is 11.4 Å². The van der Waals surface area contributed by atoms with Gasteiger partial charge in [0.2, 0.25) is 17.6 Å². The molecule has 0 aliphatic carbocycles. The number of rotatable bonds is 9. The molecule has 8 nitrogen and oxygen atoms in total. The Morgan fingerprint density at radius 2 is 1.88 bits per heavy atom. The third kappa shape index (κ3) is 5.75. The summed E-state index contributed by atoms with van der Waals surface area (Å²) < 4.78 is 11.0. The number of hydrogen-bond acceptors (Lipinski definition) is 7. The van der Waals surface area contributed by atoms with Gasteiger partial charge in [-0.3, -0.25) is 14.8 Å². The smallest absolute Gasteiger partial charge is 0.227 e. The summed E-state index contributed by atoms with van der Waals surface area (Å²) in [7, 11) is 0. The van der Waals surface area contributed by atoms with Crippen molar-refractivity contribution in [1.29, 1.82) is 0 Å². The van der Waals surface area contributed by atoms with Crippen LogP contribution in [0.4, 0.5) is 0 Å². The minimum atomic E-state index is -0.134. The predicted octanol–water partition coefficient (Wildman–Crippen LogP) is 3.92. The Labute approximate surface area is 185 Å². The number of aryl methyl sites for hydroxylation is 1. The molecule has 8 heteroatoms. The van der Waals surface area contributed by atoms with E-state index >= 15 is 0 Å². The maximum atomic E-state index is 12.4. The molecule has 4 aromatic rings. The number of benzene rings is 1. The Bertz CT molecular complexity index is 1130. The van der Waals surface area contributed by atoms with Gasteiger partial charge in [0, 0.05) is 48.8 Å². The number of hydrogen-bond donors (Lipinski definition) is 1. The molecular formula is C24H23N5O3. The van der Waals surface area contributed by atoms with Crippen LogP contribution >= 0.6 is 0 Å². The molecular weight excluding hydrogens is 406 g/mol. The first-order valence-electron chi connectivity index (χ1n) is 10.3. The normalized spacial score (nSPS) is 11.7. The first-order valence-corrected chi connectivity index (χ1v) is 10.3. The average molecular weight is 429 g/mol. The summed E-state index contributed by atoms with van der Waals surface area (Å²) in [6.07, 6.45) is 7.47. The summed E-state index contributed by atoms with van der Waals surface area (Å²) in [6, 6.07) is 15.0. The second-order valence-electron chi connectivity index (χ2n) is 7.26. The summed E-state index contributed by atoms with van der Waals surface area (Å²) in [4.78, 5) is 24.7. The van der Waals surface area contributed by atoms with Crippen molar-refractivity contribution >= 4 is 5.91 Å². The third-order valence-electron chi connectivity index (χ3n) is 4.86. The lowest BCUT2D eigenvalue weighted by molar-refractivity contribution is -0.121. The fourth-order valence-corrected chi connectivity index (χ4v) is 3.09. The summed E-state index contributed by atoms with van der Waals surface area (Å²) in [5, 5.41) is 6.95. The Balaban J connectivity index is 1.24. The molecule has 0 aliphatic rings. The largest absolute Gasteiger partial charge is 0.489 e. The van der Waals surface area contributed by atoms with Crippen molar-refractivity contribution in [3.8, 4) is 17.1 Å². The number of pyridine rings is 2. The quantitative estimate of drug-likeness (QED) is 0.430. The summed E-state index contributed by atoms with van der Waals surface area (Å²) in [5.41, 5.74) is 2.82. The van der Waals surface area contributed by atoms with Gasteiger partial charge in [-0.25, -0.2) is 0 Å². The highest BCUT2D eigenvalue weighted by Crippen LogP contribution is 2.19. The Kier molecular flexibility index (Phi) is 6.81. The molecule has 162 valence electrons. The molecule has 3 heterocycles. The van der Waals surface area contributed by atoms with Crippen molar-refractivity contribution in [2.45, 2.75) is 32.4 Å². The van der Waals surface area contributed by atoms with Gasteiger partial charge in [0.05, 0.1) is 6.04 Å². The first-order chi connectivity index (χ1) is 15.7. The predicted molar refractivity (Wildman–Crippen MR) is 117 cm³/mol. The second kappa shape index (κ2) is 10.3. The standard InChI is InChI=1S/C24H23N5O3/c1-17(19-4-6-21(7-5-19)31-16-18-3-2-12-26-15-18)27-22(30)8-9-23-28-24(29-32-23)20-10-13-25-14-11-20/h2-7,10-15,17H,8-9,16H2,1H3,(H,27,30). The molecule has 0 saturated heterocycles. The average Bonchev–Trinajstić information content (AvgIpc) is 3.32. The van der Waals surface area contributed by atoms with Gasteiger partial charge in [0.25, 0.3) is 0 Å². The molecule has 1 aromatic carbocycles. The van der Waals surface area contributed by atoms with Crippen molar-refractivity contribution in [3.05, 3.63) is 90.3 Å². The highest BCUT2D eigenvalue weighted by molar-refractivity contribution is 5.76. The number of aromatic nitrogens is 4. The molecule has 0 spiro atoms. The SMILES string of the molecule is CC(NC(=O)CCc1nc(-c2ccncc2)no1)c1ccc(OCc2cccnc2)cc1. The van der Waals surface area contributed by atoms with Gasteiger partial charge in [-0.2, -0.15) is 4.98 Å². The molecule has 32 heavy (non-hydrogen) atoms. The van der Waals surface area contributed by atoms with E-state index in [1.807, 2.05) is 43.3 Å². The number of amides is 1. The van der Waals surface area contributed by atoms with Gasteiger partial charge in [0.1, 0.15) is 12.4 Å². The van der Waals surface area contributed by atoms with Gasteiger partial charge in [-0.1, -0.05) is 23.4 Å². The lowest BCUT2D eigenvalue weighted by Gasteiger charge is -2.15. The van der Waals surface area contributed by atoms with Crippen molar-refractivity contribution in [1.82, 2.24) is 25.4 Å². The van der Waals surface area contributed by atoms with Crippen LogP contribution in [0.3, 0.4) is 0 Å². The van der Waals surface area contributed by atoms with Gasteiger partial charge >= 0.3 is 0 Å². The number of carbonyl (C=O) groups is 1. The van der Waals surface area contributed by atoms with E-state index in [2.05, 4.69) is 25.4 Å². The molecule has 4 rings (SSSR count). The lowest BCUT2D eigenvalue weighted by atomic mass is 10.1. The summed E-state index contributed by atoms with van der Waals surface area (Å²) >= 11 is 0. The van der Waals surface area contributed by atoms with Crippen LogP contribution in [0.5, 0.6) is 5.75 Å². The van der Waals surface area contributed by atoms with Crippen LogP contribution in [-0.4, -0.2) is 26.0 Å². The molecule has 0 radical (unpaired) electrons. The van der Waals surface area contributed by atoms with Crippen LogP contribution in [0.1, 0.15) is 36.4 Å². The maximum Gasteiger partial charge on any atom is 0.227 e. The fourth-order valence-electron chi connectivity index (χ4n) is 3.09. The molecule has 1 amide bonds. The maximum absolute atomic E-state index is 12.4. The highest BCUT2D eigenvalue weighted by atomic mass is 16.5. The number of ether oxygens (including phenoxy) is 1. The van der Waals surface area contributed by atoms with E-state index in [1.165, 1.54) is 0 Å². The van der Waals surface area contributed by atoms with Crippen LogP contribution in [0.15, 0.2) is 77.8 Å². The Hall–Kier alpha value is -4.07. The van der Waals surface area contributed by atoms with Gasteiger partial charge in [-0.05, 0) is 42.8 Å². The zero-order valence-electron chi connectivity index (χ0n) is 17.6.